The van der Waals surface area contributed by atoms with E-state index in [1.54, 1.807) is 0 Å². The third-order valence-electron chi connectivity index (χ3n) is 3.15. The molecule has 1 aliphatic heterocycles. The van der Waals surface area contributed by atoms with E-state index in [4.69, 9.17) is 0 Å². The first-order chi connectivity index (χ1) is 7.74. The van der Waals surface area contributed by atoms with Crippen LogP contribution in [0.25, 0.3) is 0 Å². The van der Waals surface area contributed by atoms with Gasteiger partial charge in [0.05, 0.1) is 0 Å². The minimum atomic E-state index is 0.655. The normalized spacial score (nSPS) is 22.2. The number of nitrogens with zero attached hydrogens (tertiary/aromatic N) is 1. The van der Waals surface area contributed by atoms with Gasteiger partial charge in [0.1, 0.15) is 0 Å². The molecule has 1 aromatic rings. The van der Waals surface area contributed by atoms with E-state index in [-0.39, 0.29) is 0 Å². The first-order valence-corrected chi connectivity index (χ1v) is 6.70. The molecular weight excluding hydrogens is 264 g/mol. The number of piperazine rings is 1. The largest absolute Gasteiger partial charge is 0.311 e. The molecule has 1 aliphatic rings. The number of rotatable bonds is 3. The van der Waals surface area contributed by atoms with Crippen molar-refractivity contribution in [1.29, 1.82) is 0 Å². The van der Waals surface area contributed by atoms with Crippen molar-refractivity contribution in [2.75, 3.05) is 26.7 Å². The molecule has 1 saturated heterocycles. The maximum absolute atomic E-state index is 3.58. The maximum atomic E-state index is 3.58. The van der Waals surface area contributed by atoms with Gasteiger partial charge >= 0.3 is 0 Å². The minimum absolute atomic E-state index is 0.655. The quantitative estimate of drug-likeness (QED) is 0.915. The van der Waals surface area contributed by atoms with Crippen LogP contribution in [0.5, 0.6) is 0 Å². The number of hydrogen-bond acceptors (Lipinski definition) is 2. The molecule has 0 saturated carbocycles. The Morgan fingerprint density at radius 2 is 2.12 bits per heavy atom. The molecule has 88 valence electrons. The molecule has 1 heterocycles. The van der Waals surface area contributed by atoms with E-state index in [1.807, 2.05) is 0 Å². The van der Waals surface area contributed by atoms with Crippen LogP contribution in [0, 0.1) is 0 Å². The van der Waals surface area contributed by atoms with E-state index in [1.165, 1.54) is 31.5 Å². The summed E-state index contributed by atoms with van der Waals surface area (Å²) >= 11 is 3.46. The van der Waals surface area contributed by atoms with Gasteiger partial charge in [-0.3, -0.25) is 0 Å². The van der Waals surface area contributed by atoms with Crippen LogP contribution >= 0.6 is 15.9 Å². The van der Waals surface area contributed by atoms with Crippen LogP contribution in [0.3, 0.4) is 0 Å². The van der Waals surface area contributed by atoms with E-state index in [0.717, 1.165) is 11.0 Å². The molecule has 0 radical (unpaired) electrons. The topological polar surface area (TPSA) is 15.3 Å². The van der Waals surface area contributed by atoms with Crippen LogP contribution in [-0.2, 0) is 6.42 Å². The summed E-state index contributed by atoms with van der Waals surface area (Å²) in [6.45, 7) is 3.48. The summed E-state index contributed by atoms with van der Waals surface area (Å²) < 4.78 is 1.16. The second kappa shape index (κ2) is 5.80. The molecule has 0 bridgehead atoms. The van der Waals surface area contributed by atoms with Gasteiger partial charge < -0.3 is 10.2 Å². The van der Waals surface area contributed by atoms with E-state index in [2.05, 4.69) is 57.5 Å². The monoisotopic (exact) mass is 282 g/mol. The van der Waals surface area contributed by atoms with Gasteiger partial charge in [0, 0.05) is 30.1 Å². The Hall–Kier alpha value is -0.380. The highest BCUT2D eigenvalue weighted by Gasteiger charge is 2.15. The van der Waals surface area contributed by atoms with Crippen molar-refractivity contribution < 1.29 is 0 Å². The Kier molecular flexibility index (Phi) is 4.38. The predicted octanol–water partition coefficient (Wildman–Crippen LogP) is 2.29. The van der Waals surface area contributed by atoms with Crippen LogP contribution < -0.4 is 5.32 Å². The van der Waals surface area contributed by atoms with E-state index >= 15 is 0 Å². The molecule has 0 spiro atoms. The third kappa shape index (κ3) is 3.58. The molecule has 16 heavy (non-hydrogen) atoms. The van der Waals surface area contributed by atoms with Gasteiger partial charge in [-0.25, -0.2) is 0 Å². The second-order valence-corrected chi connectivity index (χ2v) is 5.49. The second-order valence-electron chi connectivity index (χ2n) is 4.58. The lowest BCUT2D eigenvalue weighted by molar-refractivity contribution is 0.232. The zero-order valence-corrected chi connectivity index (χ0v) is 11.3. The van der Waals surface area contributed by atoms with E-state index in [9.17, 15) is 0 Å². The molecule has 0 aliphatic carbocycles. The standard InChI is InChI=1S/C13H19BrN2/c1-16-9-8-15-13(10-16)7-4-11-2-5-12(14)6-3-11/h2-3,5-6,13,15H,4,7-10H2,1H3. The van der Waals surface area contributed by atoms with Gasteiger partial charge in [0.15, 0.2) is 0 Å². The van der Waals surface area contributed by atoms with E-state index in [0.29, 0.717) is 6.04 Å². The van der Waals surface area contributed by atoms with Gasteiger partial charge in [0.25, 0.3) is 0 Å². The molecule has 2 rings (SSSR count). The molecule has 1 N–H and O–H groups in total. The Morgan fingerprint density at radius 3 is 2.81 bits per heavy atom. The Balaban J connectivity index is 1.80. The fraction of sp³-hybridized carbons (Fsp3) is 0.538. The lowest BCUT2D eigenvalue weighted by Gasteiger charge is -2.30. The first kappa shape index (κ1) is 12.1. The fourth-order valence-corrected chi connectivity index (χ4v) is 2.44. The molecule has 1 fully saturated rings. The first-order valence-electron chi connectivity index (χ1n) is 5.90. The highest BCUT2D eigenvalue weighted by molar-refractivity contribution is 9.10. The van der Waals surface area contributed by atoms with Crippen LogP contribution in [-0.4, -0.2) is 37.6 Å². The summed E-state index contributed by atoms with van der Waals surface area (Å²) in [5.41, 5.74) is 1.43. The Bertz CT molecular complexity index is 323. The predicted molar refractivity (Wildman–Crippen MR) is 71.8 cm³/mol. The van der Waals surface area contributed by atoms with Crippen LogP contribution in [0.2, 0.25) is 0 Å². The zero-order valence-electron chi connectivity index (χ0n) is 9.75. The fourth-order valence-electron chi connectivity index (χ4n) is 2.18. The van der Waals surface area contributed by atoms with E-state index < -0.39 is 0 Å². The van der Waals surface area contributed by atoms with Gasteiger partial charge in [-0.2, -0.15) is 0 Å². The van der Waals surface area contributed by atoms with Crippen molar-refractivity contribution >= 4 is 15.9 Å². The number of hydrogen-bond donors (Lipinski definition) is 1. The molecule has 2 nitrogen and oxygen atoms in total. The van der Waals surface area contributed by atoms with Crippen molar-refractivity contribution in [3.8, 4) is 0 Å². The maximum Gasteiger partial charge on any atom is 0.0198 e. The molecule has 3 heteroatoms. The zero-order chi connectivity index (χ0) is 11.4. The number of halogens is 1. The molecule has 1 atom stereocenters. The average molecular weight is 283 g/mol. The molecule has 0 aromatic heterocycles. The van der Waals surface area contributed by atoms with Gasteiger partial charge in [-0.15, -0.1) is 0 Å². The van der Waals surface area contributed by atoms with Crippen molar-refractivity contribution in [2.45, 2.75) is 18.9 Å². The smallest absolute Gasteiger partial charge is 0.0198 e. The lowest BCUT2D eigenvalue weighted by Crippen LogP contribution is -2.49. The van der Waals surface area contributed by atoms with Crippen LogP contribution in [0.15, 0.2) is 28.7 Å². The van der Waals surface area contributed by atoms with Gasteiger partial charge in [-0.1, -0.05) is 28.1 Å². The third-order valence-corrected chi connectivity index (χ3v) is 3.68. The number of likely N-dealkylation sites (N-methyl/N-ethyl adjacent to an activating group) is 1. The molecule has 1 aromatic carbocycles. The minimum Gasteiger partial charge on any atom is -0.311 e. The summed E-state index contributed by atoms with van der Waals surface area (Å²) in [6.07, 6.45) is 2.39. The molecule has 0 amide bonds. The SMILES string of the molecule is CN1CCNC(CCc2ccc(Br)cc2)C1. The van der Waals surface area contributed by atoms with Crippen molar-refractivity contribution in [2.24, 2.45) is 0 Å². The molecular formula is C13H19BrN2. The molecule has 1 unspecified atom stereocenters. The van der Waals surface area contributed by atoms with Crippen LogP contribution in [0.1, 0.15) is 12.0 Å². The number of nitrogens with one attached hydrogen (secondary N) is 1. The summed E-state index contributed by atoms with van der Waals surface area (Å²) in [5, 5.41) is 3.58. The van der Waals surface area contributed by atoms with Crippen molar-refractivity contribution in [1.82, 2.24) is 10.2 Å². The highest BCUT2D eigenvalue weighted by Crippen LogP contribution is 2.13. The summed E-state index contributed by atoms with van der Waals surface area (Å²) in [4.78, 5) is 2.41. The summed E-state index contributed by atoms with van der Waals surface area (Å²) in [7, 11) is 2.20. The Labute approximate surface area is 106 Å². The van der Waals surface area contributed by atoms with Crippen molar-refractivity contribution in [3.05, 3.63) is 34.3 Å². The van der Waals surface area contributed by atoms with Gasteiger partial charge in [0.2, 0.25) is 0 Å². The van der Waals surface area contributed by atoms with Crippen molar-refractivity contribution in [3.63, 3.8) is 0 Å². The summed E-state index contributed by atoms with van der Waals surface area (Å²) in [6, 6.07) is 9.31. The van der Waals surface area contributed by atoms with Crippen LogP contribution in [0.4, 0.5) is 0 Å². The Morgan fingerprint density at radius 1 is 1.38 bits per heavy atom. The van der Waals surface area contributed by atoms with Gasteiger partial charge in [-0.05, 0) is 37.6 Å². The number of aryl methyl sites for hydroxylation is 1. The average Bonchev–Trinajstić information content (AvgIpc) is 2.28. The lowest BCUT2D eigenvalue weighted by atomic mass is 10.0. The highest BCUT2D eigenvalue weighted by atomic mass is 79.9. The summed E-state index contributed by atoms with van der Waals surface area (Å²) in [5.74, 6) is 0. The number of benzene rings is 1.